The van der Waals surface area contributed by atoms with Crippen LogP contribution in [0.2, 0.25) is 0 Å². The van der Waals surface area contributed by atoms with Gasteiger partial charge in [-0.25, -0.2) is 24.2 Å². The smallest absolute Gasteiger partial charge is 0.414 e. The Morgan fingerprint density at radius 2 is 1.47 bits per heavy atom. The van der Waals surface area contributed by atoms with Gasteiger partial charge in [-0.15, -0.1) is 11.3 Å². The number of benzene rings is 2. The molecule has 16 heteroatoms. The van der Waals surface area contributed by atoms with Crippen molar-refractivity contribution in [2.24, 2.45) is 0 Å². The van der Waals surface area contributed by atoms with Gasteiger partial charge >= 0.3 is 23.9 Å². The molecule has 0 bridgehead atoms. The Balaban J connectivity index is 0.000000359. The van der Waals surface area contributed by atoms with Gasteiger partial charge in [-0.1, -0.05) is 18.2 Å². The number of carbonyl (C=O) groups is 5. The fourth-order valence-electron chi connectivity index (χ4n) is 4.06. The quantitative estimate of drug-likeness (QED) is 0.286. The van der Waals surface area contributed by atoms with Crippen LogP contribution < -0.4 is 9.47 Å². The topological polar surface area (TPSA) is 207 Å². The molecule has 1 aromatic heterocycles. The summed E-state index contributed by atoms with van der Waals surface area (Å²) in [6.45, 7) is 5.54. The maximum atomic E-state index is 12.8. The molecule has 1 fully saturated rings. The molecule has 3 heterocycles. The SMILES string of the molecule is CN(CC(=O)N1CCN(Cc2ccc3c(c2)OCO3)CC1)Cc1nc2ccccc2s1.O=C(O)C(=O)O.O=C(O)C(=O)O. The fraction of sp³-hybridized carbons (Fsp3) is 0.333. The normalized spacial score (nSPS) is 13.9. The van der Waals surface area contributed by atoms with Crippen molar-refractivity contribution in [3.63, 3.8) is 0 Å². The number of hydrogen-bond acceptors (Lipinski definition) is 11. The first-order chi connectivity index (χ1) is 20.4. The first kappa shape index (κ1) is 32.7. The lowest BCUT2D eigenvalue weighted by molar-refractivity contribution is -0.159. The Morgan fingerprint density at radius 3 is 2.07 bits per heavy atom. The number of nitrogens with zero attached hydrogens (tertiary/aromatic N) is 4. The highest BCUT2D eigenvalue weighted by atomic mass is 32.1. The van der Waals surface area contributed by atoms with Gasteiger partial charge in [-0.05, 0) is 36.9 Å². The summed E-state index contributed by atoms with van der Waals surface area (Å²) in [5.74, 6) is -5.47. The number of hydrogen-bond donors (Lipinski definition) is 4. The molecule has 3 aromatic rings. The molecular formula is C27H30N4O11S. The lowest BCUT2D eigenvalue weighted by Gasteiger charge is -2.35. The molecule has 0 unspecified atom stereocenters. The number of thiazole rings is 1. The number of fused-ring (bicyclic) bond motifs is 2. The molecule has 43 heavy (non-hydrogen) atoms. The van der Waals surface area contributed by atoms with Crippen molar-refractivity contribution in [1.82, 2.24) is 19.7 Å². The monoisotopic (exact) mass is 618 g/mol. The summed E-state index contributed by atoms with van der Waals surface area (Å²) in [7, 11) is 1.99. The number of carboxylic acids is 4. The first-order valence-corrected chi connectivity index (χ1v) is 13.6. The van der Waals surface area contributed by atoms with E-state index in [2.05, 4.69) is 33.0 Å². The summed E-state index contributed by atoms with van der Waals surface area (Å²) in [6.07, 6.45) is 0. The summed E-state index contributed by atoms with van der Waals surface area (Å²) in [6, 6.07) is 14.3. The van der Waals surface area contributed by atoms with Crippen LogP contribution in [0.5, 0.6) is 11.5 Å². The molecule has 4 N–H and O–H groups in total. The molecule has 0 aliphatic carbocycles. The largest absolute Gasteiger partial charge is 0.473 e. The molecule has 230 valence electrons. The van der Waals surface area contributed by atoms with Gasteiger partial charge in [0.2, 0.25) is 12.7 Å². The van der Waals surface area contributed by atoms with Gasteiger partial charge in [0, 0.05) is 32.7 Å². The third-order valence-electron chi connectivity index (χ3n) is 6.08. The average molecular weight is 619 g/mol. The second-order valence-corrected chi connectivity index (χ2v) is 10.4. The van der Waals surface area contributed by atoms with E-state index in [1.54, 1.807) is 11.3 Å². The van der Waals surface area contributed by atoms with Gasteiger partial charge in [-0.3, -0.25) is 14.6 Å². The summed E-state index contributed by atoms with van der Waals surface area (Å²) < 4.78 is 12.0. The predicted octanol–water partition coefficient (Wildman–Crippen LogP) is 1.11. The molecule has 1 amide bonds. The second kappa shape index (κ2) is 15.4. The minimum absolute atomic E-state index is 0.186. The predicted molar refractivity (Wildman–Crippen MR) is 151 cm³/mol. The fourth-order valence-corrected chi connectivity index (χ4v) is 5.11. The van der Waals surface area contributed by atoms with Crippen LogP contribution in [0, 0.1) is 0 Å². The summed E-state index contributed by atoms with van der Waals surface area (Å²) in [5, 5.41) is 30.6. The van der Waals surface area contributed by atoms with Gasteiger partial charge in [-0.2, -0.15) is 0 Å². The van der Waals surface area contributed by atoms with Crippen molar-refractivity contribution in [2.75, 3.05) is 46.6 Å². The number of amides is 1. The van der Waals surface area contributed by atoms with Crippen molar-refractivity contribution < 1.29 is 53.9 Å². The molecular weight excluding hydrogens is 588 g/mol. The number of aromatic nitrogens is 1. The Hall–Kier alpha value is -4.80. The van der Waals surface area contributed by atoms with Crippen LogP contribution in [0.15, 0.2) is 42.5 Å². The molecule has 0 spiro atoms. The van der Waals surface area contributed by atoms with Crippen LogP contribution in [0.1, 0.15) is 10.6 Å². The highest BCUT2D eigenvalue weighted by Crippen LogP contribution is 2.32. The Kier molecular flexibility index (Phi) is 11.7. The molecule has 0 radical (unpaired) electrons. The number of rotatable bonds is 6. The van der Waals surface area contributed by atoms with Crippen molar-refractivity contribution in [1.29, 1.82) is 0 Å². The van der Waals surface area contributed by atoms with Gasteiger partial charge in [0.15, 0.2) is 11.5 Å². The average Bonchev–Trinajstić information content (AvgIpc) is 3.60. The van der Waals surface area contributed by atoms with Gasteiger partial charge in [0.1, 0.15) is 5.01 Å². The Labute approximate surface area is 249 Å². The molecule has 2 aliphatic rings. The van der Waals surface area contributed by atoms with Crippen LogP contribution in [0.25, 0.3) is 10.2 Å². The maximum Gasteiger partial charge on any atom is 0.414 e. The zero-order valence-corrected chi connectivity index (χ0v) is 23.9. The van der Waals surface area contributed by atoms with E-state index in [9.17, 15) is 4.79 Å². The van der Waals surface area contributed by atoms with E-state index in [0.717, 1.165) is 54.7 Å². The highest BCUT2D eigenvalue weighted by Gasteiger charge is 2.23. The zero-order valence-electron chi connectivity index (χ0n) is 23.0. The molecule has 15 nitrogen and oxygen atoms in total. The number of piperazine rings is 1. The molecule has 1 saturated heterocycles. The number of aliphatic carboxylic acids is 4. The minimum atomic E-state index is -1.82. The number of likely N-dealkylation sites (N-methyl/N-ethyl adjacent to an activating group) is 1. The van der Waals surface area contributed by atoms with Gasteiger partial charge < -0.3 is 34.8 Å². The van der Waals surface area contributed by atoms with Crippen LogP contribution >= 0.6 is 11.3 Å². The van der Waals surface area contributed by atoms with Crippen molar-refractivity contribution in [2.45, 2.75) is 13.1 Å². The van der Waals surface area contributed by atoms with Gasteiger partial charge in [0.05, 0.1) is 23.3 Å². The zero-order chi connectivity index (χ0) is 31.5. The Bertz CT molecular complexity index is 1390. The highest BCUT2D eigenvalue weighted by molar-refractivity contribution is 7.18. The molecule has 2 aliphatic heterocycles. The molecule has 2 aromatic carbocycles. The van der Waals surface area contributed by atoms with Gasteiger partial charge in [0.25, 0.3) is 0 Å². The van der Waals surface area contributed by atoms with Crippen LogP contribution in [0.4, 0.5) is 0 Å². The molecule has 0 atom stereocenters. The van der Waals surface area contributed by atoms with E-state index in [1.807, 2.05) is 36.2 Å². The van der Waals surface area contributed by atoms with Crippen molar-refractivity contribution in [3.8, 4) is 11.5 Å². The van der Waals surface area contributed by atoms with Crippen LogP contribution in [-0.4, -0.2) is 116 Å². The van der Waals surface area contributed by atoms with E-state index < -0.39 is 23.9 Å². The van der Waals surface area contributed by atoms with Crippen LogP contribution in [0.3, 0.4) is 0 Å². The van der Waals surface area contributed by atoms with Crippen molar-refractivity contribution in [3.05, 3.63) is 53.0 Å². The van der Waals surface area contributed by atoms with E-state index in [0.29, 0.717) is 19.9 Å². The number of para-hydroxylation sites is 1. The van der Waals surface area contributed by atoms with Crippen molar-refractivity contribution >= 4 is 51.3 Å². The number of carbonyl (C=O) groups excluding carboxylic acids is 1. The Morgan fingerprint density at radius 1 is 0.860 bits per heavy atom. The number of ether oxygens (including phenoxy) is 2. The summed E-state index contributed by atoms with van der Waals surface area (Å²) >= 11 is 1.70. The lowest BCUT2D eigenvalue weighted by atomic mass is 10.1. The molecule has 5 rings (SSSR count). The maximum absolute atomic E-state index is 12.8. The third-order valence-corrected chi connectivity index (χ3v) is 7.10. The van der Waals surface area contributed by atoms with E-state index in [1.165, 1.54) is 10.3 Å². The second-order valence-electron chi connectivity index (χ2n) is 9.31. The first-order valence-electron chi connectivity index (χ1n) is 12.8. The standard InChI is InChI=1S/C23H26N4O3S.2C2H2O4/c1-25(14-22-24-18-4-2-3-5-21(18)31-22)15-23(28)27-10-8-26(9-11-27)13-17-6-7-19-20(12-17)30-16-29-19;2*3-1(4)2(5)6/h2-7,12H,8-11,13-16H2,1H3;2*(H,3,4)(H,5,6). The summed E-state index contributed by atoms with van der Waals surface area (Å²) in [5.41, 5.74) is 2.24. The molecule has 0 saturated carbocycles. The number of carboxylic acid groups (broad SMARTS) is 4. The van der Waals surface area contributed by atoms with Crippen LogP contribution in [-0.2, 0) is 37.1 Å². The minimum Gasteiger partial charge on any atom is -0.473 e. The van der Waals surface area contributed by atoms with E-state index in [-0.39, 0.29) is 5.91 Å². The lowest BCUT2D eigenvalue weighted by Crippen LogP contribution is -2.50. The van der Waals surface area contributed by atoms with E-state index >= 15 is 0 Å². The third kappa shape index (κ3) is 10.2. The summed E-state index contributed by atoms with van der Waals surface area (Å²) in [4.78, 5) is 60.3. The van der Waals surface area contributed by atoms with E-state index in [4.69, 9.17) is 49.1 Å².